The molecule has 0 spiro atoms. The van der Waals surface area contributed by atoms with E-state index in [2.05, 4.69) is 19.2 Å². The first-order chi connectivity index (χ1) is 7.99. The average Bonchev–Trinajstić information content (AvgIpc) is 2.27. The molecule has 1 aliphatic heterocycles. The van der Waals surface area contributed by atoms with Crippen LogP contribution >= 0.6 is 24.0 Å². The van der Waals surface area contributed by atoms with Crippen LogP contribution in [0.2, 0.25) is 5.02 Å². The van der Waals surface area contributed by atoms with Crippen molar-refractivity contribution in [2.75, 3.05) is 0 Å². The van der Waals surface area contributed by atoms with E-state index in [1.165, 1.54) is 0 Å². The van der Waals surface area contributed by atoms with Gasteiger partial charge in [-0.2, -0.15) is 0 Å². The van der Waals surface area contributed by atoms with Crippen LogP contribution in [-0.2, 0) is 0 Å². The zero-order valence-corrected chi connectivity index (χ0v) is 12.4. The Hall–Kier alpha value is -0.280. The Morgan fingerprint density at radius 2 is 2.06 bits per heavy atom. The summed E-state index contributed by atoms with van der Waals surface area (Å²) in [5.41, 5.74) is 0.926. The highest BCUT2D eigenvalue weighted by atomic mass is 35.5. The molecule has 1 fully saturated rings. The van der Waals surface area contributed by atoms with Gasteiger partial charge in [-0.1, -0.05) is 29.8 Å². The van der Waals surface area contributed by atoms with Crippen LogP contribution in [0.5, 0.6) is 0 Å². The van der Waals surface area contributed by atoms with E-state index in [0.29, 0.717) is 5.02 Å². The van der Waals surface area contributed by atoms with Crippen LogP contribution in [0.3, 0.4) is 0 Å². The second-order valence-corrected chi connectivity index (χ2v) is 5.90. The molecule has 0 bridgehead atoms. The van der Waals surface area contributed by atoms with Crippen molar-refractivity contribution in [2.45, 2.75) is 50.8 Å². The van der Waals surface area contributed by atoms with Crippen LogP contribution in [0.15, 0.2) is 24.3 Å². The maximum absolute atomic E-state index is 10.4. The van der Waals surface area contributed by atoms with Gasteiger partial charge in [0.05, 0.1) is 6.10 Å². The molecule has 0 radical (unpaired) electrons. The van der Waals surface area contributed by atoms with Crippen LogP contribution in [-0.4, -0.2) is 16.7 Å². The molecule has 2 rings (SSSR count). The van der Waals surface area contributed by atoms with Gasteiger partial charge < -0.3 is 10.4 Å². The Labute approximate surface area is 120 Å². The first-order valence-corrected chi connectivity index (χ1v) is 6.57. The Kier molecular flexibility index (Phi) is 5.47. The lowest BCUT2D eigenvalue weighted by atomic mass is 9.85. The number of hydrogen-bond donors (Lipinski definition) is 2. The molecule has 1 aromatic rings. The van der Waals surface area contributed by atoms with Crippen molar-refractivity contribution in [1.82, 2.24) is 5.32 Å². The fraction of sp³-hybridized carbons (Fsp3) is 0.571. The van der Waals surface area contributed by atoms with Crippen molar-refractivity contribution in [3.63, 3.8) is 0 Å². The first kappa shape index (κ1) is 15.8. The molecule has 1 aromatic carbocycles. The van der Waals surface area contributed by atoms with Gasteiger partial charge in [0.25, 0.3) is 0 Å². The van der Waals surface area contributed by atoms with E-state index < -0.39 is 6.10 Å². The topological polar surface area (TPSA) is 32.3 Å². The maximum atomic E-state index is 10.4. The van der Waals surface area contributed by atoms with E-state index in [0.717, 1.165) is 24.8 Å². The van der Waals surface area contributed by atoms with Crippen molar-refractivity contribution < 1.29 is 5.11 Å². The molecule has 0 saturated carbocycles. The van der Waals surface area contributed by atoms with Gasteiger partial charge in [-0.25, -0.2) is 0 Å². The van der Waals surface area contributed by atoms with Gasteiger partial charge in [0.1, 0.15) is 0 Å². The zero-order valence-electron chi connectivity index (χ0n) is 10.8. The molecule has 1 heterocycles. The third-order valence-electron chi connectivity index (χ3n) is 3.50. The minimum atomic E-state index is -0.525. The van der Waals surface area contributed by atoms with Crippen molar-refractivity contribution in [3.8, 4) is 0 Å². The summed E-state index contributed by atoms with van der Waals surface area (Å²) in [5.74, 6) is 0. The SMILES string of the molecule is CC1(C)CCC[C@H](C(O)c2ccccc2Cl)N1.Cl. The molecule has 1 unspecified atom stereocenters. The molecule has 18 heavy (non-hydrogen) atoms. The Morgan fingerprint density at radius 1 is 1.39 bits per heavy atom. The molecule has 0 aliphatic carbocycles. The van der Waals surface area contributed by atoms with Crippen molar-refractivity contribution in [3.05, 3.63) is 34.9 Å². The predicted octanol–water partition coefficient (Wildman–Crippen LogP) is 3.72. The molecule has 0 aromatic heterocycles. The number of piperidine rings is 1. The fourth-order valence-electron chi connectivity index (χ4n) is 2.58. The van der Waals surface area contributed by atoms with Crippen LogP contribution in [0.1, 0.15) is 44.8 Å². The monoisotopic (exact) mass is 289 g/mol. The van der Waals surface area contributed by atoms with Gasteiger partial charge in [-0.15, -0.1) is 12.4 Å². The molecule has 1 saturated heterocycles. The smallest absolute Gasteiger partial charge is 0.0957 e. The van der Waals surface area contributed by atoms with Gasteiger partial charge in [0.15, 0.2) is 0 Å². The molecular formula is C14H21Cl2NO. The number of halogens is 2. The second kappa shape index (κ2) is 6.25. The highest BCUT2D eigenvalue weighted by Crippen LogP contribution is 2.31. The minimum Gasteiger partial charge on any atom is -0.387 e. The lowest BCUT2D eigenvalue weighted by molar-refractivity contribution is 0.0845. The van der Waals surface area contributed by atoms with Gasteiger partial charge in [0.2, 0.25) is 0 Å². The van der Waals surface area contributed by atoms with Crippen molar-refractivity contribution >= 4 is 24.0 Å². The third-order valence-corrected chi connectivity index (χ3v) is 3.84. The number of hydrogen-bond acceptors (Lipinski definition) is 2. The van der Waals surface area contributed by atoms with Gasteiger partial charge in [0, 0.05) is 22.2 Å². The van der Waals surface area contributed by atoms with Crippen LogP contribution in [0.25, 0.3) is 0 Å². The molecule has 102 valence electrons. The average molecular weight is 290 g/mol. The summed E-state index contributed by atoms with van der Waals surface area (Å²) in [6.07, 6.45) is 2.77. The normalized spacial score (nSPS) is 24.1. The first-order valence-electron chi connectivity index (χ1n) is 6.20. The number of nitrogens with one attached hydrogen (secondary N) is 1. The highest BCUT2D eigenvalue weighted by molar-refractivity contribution is 6.31. The largest absolute Gasteiger partial charge is 0.387 e. The summed E-state index contributed by atoms with van der Waals surface area (Å²) in [7, 11) is 0. The zero-order chi connectivity index (χ0) is 12.5. The van der Waals surface area contributed by atoms with E-state index >= 15 is 0 Å². The van der Waals surface area contributed by atoms with Crippen molar-refractivity contribution in [2.24, 2.45) is 0 Å². The second-order valence-electron chi connectivity index (χ2n) is 5.49. The molecule has 2 nitrogen and oxygen atoms in total. The number of benzene rings is 1. The Morgan fingerprint density at radius 3 is 2.67 bits per heavy atom. The summed E-state index contributed by atoms with van der Waals surface area (Å²) in [4.78, 5) is 0. The van der Waals surface area contributed by atoms with E-state index in [-0.39, 0.29) is 24.0 Å². The number of aliphatic hydroxyl groups excluding tert-OH is 1. The lowest BCUT2D eigenvalue weighted by Crippen LogP contribution is -2.51. The summed E-state index contributed by atoms with van der Waals surface area (Å²) < 4.78 is 0. The van der Waals surface area contributed by atoms with Crippen LogP contribution in [0, 0.1) is 0 Å². The van der Waals surface area contributed by atoms with E-state index in [1.54, 1.807) is 0 Å². The minimum absolute atomic E-state index is 0. The molecule has 0 amide bonds. The fourth-order valence-corrected chi connectivity index (χ4v) is 2.83. The van der Waals surface area contributed by atoms with Gasteiger partial charge >= 0.3 is 0 Å². The number of rotatable bonds is 2. The quantitative estimate of drug-likeness (QED) is 0.870. The maximum Gasteiger partial charge on any atom is 0.0957 e. The standard InChI is InChI=1S/C14H20ClNO.ClH/c1-14(2)9-5-8-12(16-14)13(17)10-6-3-4-7-11(10)15;/h3-4,6-7,12-13,16-17H,5,8-9H2,1-2H3;1H/t12-,13?;/m1./s1. The summed E-state index contributed by atoms with van der Waals surface area (Å²) >= 11 is 6.12. The van der Waals surface area contributed by atoms with E-state index in [1.807, 2.05) is 24.3 Å². The lowest BCUT2D eigenvalue weighted by Gasteiger charge is -2.39. The summed E-state index contributed by atoms with van der Waals surface area (Å²) in [6, 6.07) is 7.62. The van der Waals surface area contributed by atoms with Crippen LogP contribution in [0.4, 0.5) is 0 Å². The Balaban J connectivity index is 0.00000162. The van der Waals surface area contributed by atoms with E-state index in [4.69, 9.17) is 11.6 Å². The molecule has 2 N–H and O–H groups in total. The van der Waals surface area contributed by atoms with Crippen molar-refractivity contribution in [1.29, 1.82) is 0 Å². The van der Waals surface area contributed by atoms with E-state index in [9.17, 15) is 5.11 Å². The van der Waals surface area contributed by atoms with Gasteiger partial charge in [-0.05, 0) is 39.2 Å². The Bertz CT molecular complexity index is 395. The predicted molar refractivity (Wildman–Crippen MR) is 78.5 cm³/mol. The third kappa shape index (κ3) is 3.61. The number of aliphatic hydroxyl groups is 1. The van der Waals surface area contributed by atoms with Gasteiger partial charge in [-0.3, -0.25) is 0 Å². The van der Waals surface area contributed by atoms with Crippen LogP contribution < -0.4 is 5.32 Å². The summed E-state index contributed by atoms with van der Waals surface area (Å²) in [5, 5.41) is 14.6. The highest BCUT2D eigenvalue weighted by Gasteiger charge is 2.32. The molecule has 4 heteroatoms. The molecule has 2 atom stereocenters. The summed E-state index contributed by atoms with van der Waals surface area (Å²) in [6.45, 7) is 4.36. The molecule has 1 aliphatic rings. The molecular weight excluding hydrogens is 269 g/mol.